The van der Waals surface area contributed by atoms with Gasteiger partial charge in [0.05, 0.1) is 0 Å². The van der Waals surface area contributed by atoms with Gasteiger partial charge in [0.1, 0.15) is 0 Å². The van der Waals surface area contributed by atoms with E-state index in [1.54, 1.807) is 0 Å². The predicted octanol–water partition coefficient (Wildman–Crippen LogP) is 4.34. The molecule has 2 nitrogen and oxygen atoms in total. The summed E-state index contributed by atoms with van der Waals surface area (Å²) >= 11 is 0. The van der Waals surface area contributed by atoms with Crippen molar-refractivity contribution in [1.82, 2.24) is 4.90 Å². The number of unbranched alkanes of at least 4 members (excludes halogenated alkanes) is 1. The van der Waals surface area contributed by atoms with E-state index in [-0.39, 0.29) is 5.91 Å². The van der Waals surface area contributed by atoms with Gasteiger partial charge in [0.2, 0.25) is 5.91 Å². The lowest BCUT2D eigenvalue weighted by Gasteiger charge is -2.23. The van der Waals surface area contributed by atoms with Crippen molar-refractivity contribution in [1.29, 1.82) is 0 Å². The molecule has 0 aromatic heterocycles. The van der Waals surface area contributed by atoms with E-state index in [0.717, 1.165) is 37.8 Å². The van der Waals surface area contributed by atoms with Crippen molar-refractivity contribution in [3.05, 3.63) is 60.7 Å². The lowest BCUT2D eigenvalue weighted by Crippen LogP contribution is -2.32. The molecular weight excluding hydrogens is 246 g/mol. The Morgan fingerprint density at radius 1 is 1.30 bits per heavy atom. The quantitative estimate of drug-likeness (QED) is 0.372. The summed E-state index contributed by atoms with van der Waals surface area (Å²) in [6.45, 7) is 11.1. The smallest absolute Gasteiger partial charge is 0.249 e. The van der Waals surface area contributed by atoms with Crippen molar-refractivity contribution < 1.29 is 4.79 Å². The van der Waals surface area contributed by atoms with Crippen LogP contribution in [0.15, 0.2) is 55.1 Å². The SMILES string of the molecule is C=CCCCN(Cc1ccccc1)C(=O)C(=C)CCC. The largest absolute Gasteiger partial charge is 0.335 e. The minimum absolute atomic E-state index is 0.0831. The number of carbonyl (C=O) groups excluding carboxylic acids is 1. The normalized spacial score (nSPS) is 10.1. The molecule has 1 aromatic carbocycles. The summed E-state index contributed by atoms with van der Waals surface area (Å²) < 4.78 is 0. The highest BCUT2D eigenvalue weighted by Gasteiger charge is 2.16. The van der Waals surface area contributed by atoms with Crippen molar-refractivity contribution in [3.63, 3.8) is 0 Å². The number of amides is 1. The first-order valence-electron chi connectivity index (χ1n) is 7.31. The zero-order valence-electron chi connectivity index (χ0n) is 12.5. The predicted molar refractivity (Wildman–Crippen MR) is 85.3 cm³/mol. The zero-order chi connectivity index (χ0) is 14.8. The maximum absolute atomic E-state index is 12.4. The van der Waals surface area contributed by atoms with Gasteiger partial charge in [0.15, 0.2) is 0 Å². The minimum Gasteiger partial charge on any atom is -0.335 e. The standard InChI is InChI=1S/C18H25NO/c1-4-6-10-14-19(18(20)16(3)11-5-2)15-17-12-8-7-9-13-17/h4,7-9,12-13H,1,3,5-6,10-11,14-15H2,2H3. The van der Waals surface area contributed by atoms with Crippen LogP contribution in [0.3, 0.4) is 0 Å². The van der Waals surface area contributed by atoms with Crippen molar-refractivity contribution in [2.24, 2.45) is 0 Å². The number of rotatable bonds is 9. The molecule has 20 heavy (non-hydrogen) atoms. The maximum Gasteiger partial charge on any atom is 0.249 e. The summed E-state index contributed by atoms with van der Waals surface area (Å²) in [6, 6.07) is 10.1. The molecule has 0 N–H and O–H groups in total. The Balaban J connectivity index is 2.71. The van der Waals surface area contributed by atoms with Crippen LogP contribution in [0, 0.1) is 0 Å². The third-order valence-corrected chi connectivity index (χ3v) is 3.19. The fourth-order valence-electron chi connectivity index (χ4n) is 2.12. The molecule has 0 radical (unpaired) electrons. The van der Waals surface area contributed by atoms with Crippen molar-refractivity contribution >= 4 is 5.91 Å². The van der Waals surface area contributed by atoms with E-state index in [4.69, 9.17) is 0 Å². The Hall–Kier alpha value is -1.83. The Morgan fingerprint density at radius 3 is 2.60 bits per heavy atom. The molecular formula is C18H25NO. The number of hydrogen-bond donors (Lipinski definition) is 0. The minimum atomic E-state index is 0.0831. The van der Waals surface area contributed by atoms with Gasteiger partial charge in [-0.2, -0.15) is 0 Å². The highest BCUT2D eigenvalue weighted by atomic mass is 16.2. The van der Waals surface area contributed by atoms with Crippen molar-refractivity contribution in [2.75, 3.05) is 6.54 Å². The average Bonchev–Trinajstić information content (AvgIpc) is 2.47. The van der Waals surface area contributed by atoms with Gasteiger partial charge in [-0.15, -0.1) is 6.58 Å². The van der Waals surface area contributed by atoms with Crippen LogP contribution in [-0.4, -0.2) is 17.4 Å². The molecule has 0 saturated carbocycles. The van der Waals surface area contributed by atoms with Gasteiger partial charge in [-0.25, -0.2) is 0 Å². The number of benzene rings is 1. The molecule has 0 spiro atoms. The summed E-state index contributed by atoms with van der Waals surface area (Å²) in [6.07, 6.45) is 5.49. The molecule has 1 amide bonds. The fourth-order valence-corrected chi connectivity index (χ4v) is 2.12. The first-order chi connectivity index (χ1) is 9.69. The van der Waals surface area contributed by atoms with Crippen LogP contribution in [-0.2, 0) is 11.3 Å². The highest BCUT2D eigenvalue weighted by molar-refractivity contribution is 5.92. The van der Waals surface area contributed by atoms with E-state index in [1.807, 2.05) is 29.2 Å². The van der Waals surface area contributed by atoms with Gasteiger partial charge >= 0.3 is 0 Å². The number of hydrogen-bond acceptors (Lipinski definition) is 1. The van der Waals surface area contributed by atoms with Crippen LogP contribution in [0.25, 0.3) is 0 Å². The van der Waals surface area contributed by atoms with Gasteiger partial charge in [-0.05, 0) is 24.8 Å². The van der Waals surface area contributed by atoms with Gasteiger partial charge in [0, 0.05) is 18.7 Å². The van der Waals surface area contributed by atoms with Gasteiger partial charge < -0.3 is 4.90 Å². The monoisotopic (exact) mass is 271 g/mol. The van der Waals surface area contributed by atoms with E-state index in [9.17, 15) is 4.79 Å². The Labute approximate surface area is 122 Å². The zero-order valence-corrected chi connectivity index (χ0v) is 12.5. The Kier molecular flexibility index (Phi) is 7.41. The number of carbonyl (C=O) groups is 1. The first-order valence-corrected chi connectivity index (χ1v) is 7.31. The van der Waals surface area contributed by atoms with Crippen LogP contribution < -0.4 is 0 Å². The van der Waals surface area contributed by atoms with Crippen LogP contribution >= 0.6 is 0 Å². The topological polar surface area (TPSA) is 20.3 Å². The van der Waals surface area contributed by atoms with E-state index in [0.29, 0.717) is 12.1 Å². The molecule has 108 valence electrons. The lowest BCUT2D eigenvalue weighted by atomic mass is 10.1. The lowest BCUT2D eigenvalue weighted by molar-refractivity contribution is -0.128. The van der Waals surface area contributed by atoms with Crippen LogP contribution in [0.5, 0.6) is 0 Å². The van der Waals surface area contributed by atoms with Gasteiger partial charge in [0.25, 0.3) is 0 Å². The summed E-state index contributed by atoms with van der Waals surface area (Å²) in [4.78, 5) is 14.3. The molecule has 0 aliphatic heterocycles. The molecule has 0 heterocycles. The second kappa shape index (κ2) is 9.13. The summed E-state index contributed by atoms with van der Waals surface area (Å²) in [5, 5.41) is 0. The van der Waals surface area contributed by atoms with Crippen LogP contribution in [0.1, 0.15) is 38.2 Å². The summed E-state index contributed by atoms with van der Waals surface area (Å²) in [5.41, 5.74) is 1.87. The fraction of sp³-hybridized carbons (Fsp3) is 0.389. The van der Waals surface area contributed by atoms with E-state index >= 15 is 0 Å². The Bertz CT molecular complexity index is 436. The molecule has 2 heteroatoms. The third kappa shape index (κ3) is 5.43. The average molecular weight is 271 g/mol. The number of allylic oxidation sites excluding steroid dienone is 1. The molecule has 0 unspecified atom stereocenters. The number of nitrogens with zero attached hydrogens (tertiary/aromatic N) is 1. The molecule has 0 aliphatic rings. The molecule has 1 rings (SSSR count). The van der Waals surface area contributed by atoms with Gasteiger partial charge in [-0.3, -0.25) is 4.79 Å². The maximum atomic E-state index is 12.4. The third-order valence-electron chi connectivity index (χ3n) is 3.19. The van der Waals surface area contributed by atoms with E-state index < -0.39 is 0 Å². The molecule has 1 aromatic rings. The first kappa shape index (κ1) is 16.2. The van der Waals surface area contributed by atoms with Crippen molar-refractivity contribution in [2.45, 2.75) is 39.2 Å². The van der Waals surface area contributed by atoms with Crippen molar-refractivity contribution in [3.8, 4) is 0 Å². The summed E-state index contributed by atoms with van der Waals surface area (Å²) in [5.74, 6) is 0.0831. The molecule has 0 fully saturated rings. The Morgan fingerprint density at radius 2 is 2.00 bits per heavy atom. The second-order valence-corrected chi connectivity index (χ2v) is 5.00. The van der Waals surface area contributed by atoms with E-state index in [1.165, 1.54) is 0 Å². The molecule has 0 bridgehead atoms. The molecule has 0 atom stereocenters. The van der Waals surface area contributed by atoms with Crippen LogP contribution in [0.4, 0.5) is 0 Å². The second-order valence-electron chi connectivity index (χ2n) is 5.00. The van der Waals surface area contributed by atoms with E-state index in [2.05, 4.69) is 32.2 Å². The molecule has 0 saturated heterocycles. The highest BCUT2D eigenvalue weighted by Crippen LogP contribution is 2.12. The molecule has 0 aliphatic carbocycles. The van der Waals surface area contributed by atoms with Crippen LogP contribution in [0.2, 0.25) is 0 Å². The summed E-state index contributed by atoms with van der Waals surface area (Å²) in [7, 11) is 0. The van der Waals surface area contributed by atoms with Gasteiger partial charge in [-0.1, -0.05) is 56.3 Å².